The monoisotopic (exact) mass is 283 g/mol. The second-order valence-corrected chi connectivity index (χ2v) is 6.85. The lowest BCUT2D eigenvalue weighted by Crippen LogP contribution is -2.33. The molecule has 0 heterocycles. The first kappa shape index (κ1) is 17.5. The van der Waals surface area contributed by atoms with E-state index in [2.05, 4.69) is 13.8 Å². The van der Waals surface area contributed by atoms with E-state index in [0.29, 0.717) is 11.8 Å². The third-order valence-electron chi connectivity index (χ3n) is 5.04. The molecule has 118 valence electrons. The Bertz CT molecular complexity index is 274. The molecule has 1 saturated carbocycles. The van der Waals surface area contributed by atoms with E-state index in [9.17, 15) is 4.79 Å². The number of nitrogens with two attached hydrogens (primary N) is 1. The highest BCUT2D eigenvalue weighted by molar-refractivity contribution is 5.67. The molecule has 3 nitrogen and oxygen atoms in total. The highest BCUT2D eigenvalue weighted by Crippen LogP contribution is 2.30. The number of hydrogen-bond acceptors (Lipinski definition) is 2. The fourth-order valence-corrected chi connectivity index (χ4v) is 3.64. The van der Waals surface area contributed by atoms with Gasteiger partial charge >= 0.3 is 5.97 Å². The Morgan fingerprint density at radius 3 is 2.50 bits per heavy atom. The molecule has 20 heavy (non-hydrogen) atoms. The number of carboxylic acid groups (broad SMARTS) is 1. The molecular weight excluding hydrogens is 250 g/mol. The molecule has 0 spiro atoms. The smallest absolute Gasteiger partial charge is 0.304 e. The average molecular weight is 283 g/mol. The quantitative estimate of drug-likeness (QED) is 0.666. The van der Waals surface area contributed by atoms with Gasteiger partial charge in [-0.25, -0.2) is 0 Å². The standard InChI is InChI=1S/C17H33NO2/c1-3-15(16(18)12-17(19)20)11-13(2)9-10-14-7-5-4-6-8-14/h13-16H,3-12,18H2,1-2H3,(H,19,20). The van der Waals surface area contributed by atoms with Crippen LogP contribution in [0.25, 0.3) is 0 Å². The van der Waals surface area contributed by atoms with Crippen LogP contribution in [0.4, 0.5) is 0 Å². The van der Waals surface area contributed by atoms with Crippen molar-refractivity contribution in [2.45, 2.75) is 84.1 Å². The van der Waals surface area contributed by atoms with Gasteiger partial charge in [0.1, 0.15) is 0 Å². The minimum absolute atomic E-state index is 0.105. The first-order chi connectivity index (χ1) is 9.52. The van der Waals surface area contributed by atoms with E-state index in [1.807, 2.05) is 0 Å². The predicted octanol–water partition coefficient (Wildman–Crippen LogP) is 4.20. The Labute approximate surface area is 124 Å². The summed E-state index contributed by atoms with van der Waals surface area (Å²) in [7, 11) is 0. The zero-order valence-corrected chi connectivity index (χ0v) is 13.3. The summed E-state index contributed by atoms with van der Waals surface area (Å²) in [6, 6.07) is -0.186. The van der Waals surface area contributed by atoms with Crippen LogP contribution in [-0.4, -0.2) is 17.1 Å². The summed E-state index contributed by atoms with van der Waals surface area (Å²) in [5.74, 6) is 1.19. The van der Waals surface area contributed by atoms with Crippen LogP contribution in [0.5, 0.6) is 0 Å². The van der Waals surface area contributed by atoms with Gasteiger partial charge in [-0.3, -0.25) is 4.79 Å². The van der Waals surface area contributed by atoms with Gasteiger partial charge in [0.2, 0.25) is 0 Å². The third kappa shape index (κ3) is 6.74. The first-order valence-corrected chi connectivity index (χ1v) is 8.50. The molecule has 3 N–H and O–H groups in total. The van der Waals surface area contributed by atoms with Crippen LogP contribution in [0.3, 0.4) is 0 Å². The van der Waals surface area contributed by atoms with Crippen LogP contribution in [0.1, 0.15) is 78.1 Å². The molecule has 0 amide bonds. The summed E-state index contributed by atoms with van der Waals surface area (Å²) in [4.78, 5) is 10.8. The highest BCUT2D eigenvalue weighted by atomic mass is 16.4. The van der Waals surface area contributed by atoms with Gasteiger partial charge in [-0.15, -0.1) is 0 Å². The molecule has 1 aliphatic rings. The lowest BCUT2D eigenvalue weighted by atomic mass is 9.81. The molecule has 0 bridgehead atoms. The fourth-order valence-electron chi connectivity index (χ4n) is 3.64. The maximum atomic E-state index is 10.8. The van der Waals surface area contributed by atoms with E-state index in [-0.39, 0.29) is 12.5 Å². The minimum Gasteiger partial charge on any atom is -0.481 e. The summed E-state index contributed by atoms with van der Waals surface area (Å²) in [6.07, 6.45) is 11.9. The highest BCUT2D eigenvalue weighted by Gasteiger charge is 2.22. The summed E-state index contributed by atoms with van der Waals surface area (Å²) >= 11 is 0. The summed E-state index contributed by atoms with van der Waals surface area (Å²) in [5, 5.41) is 8.86. The van der Waals surface area contributed by atoms with Crippen molar-refractivity contribution < 1.29 is 9.90 Å². The van der Waals surface area contributed by atoms with Crippen LogP contribution in [0.15, 0.2) is 0 Å². The molecule has 0 radical (unpaired) electrons. The van der Waals surface area contributed by atoms with Crippen molar-refractivity contribution in [1.29, 1.82) is 0 Å². The molecule has 0 saturated heterocycles. The number of carbonyl (C=O) groups is 1. The summed E-state index contributed by atoms with van der Waals surface area (Å²) in [5.41, 5.74) is 6.04. The third-order valence-corrected chi connectivity index (χ3v) is 5.04. The van der Waals surface area contributed by atoms with Crippen molar-refractivity contribution in [3.63, 3.8) is 0 Å². The summed E-state index contributed by atoms with van der Waals surface area (Å²) in [6.45, 7) is 4.43. The van der Waals surface area contributed by atoms with Gasteiger partial charge in [-0.05, 0) is 24.2 Å². The van der Waals surface area contributed by atoms with Crippen molar-refractivity contribution in [1.82, 2.24) is 0 Å². The lowest BCUT2D eigenvalue weighted by molar-refractivity contribution is -0.137. The van der Waals surface area contributed by atoms with Crippen LogP contribution in [0.2, 0.25) is 0 Å². The van der Waals surface area contributed by atoms with Crippen molar-refractivity contribution in [3.05, 3.63) is 0 Å². The minimum atomic E-state index is -0.772. The first-order valence-electron chi connectivity index (χ1n) is 8.50. The number of hydrogen-bond donors (Lipinski definition) is 2. The van der Waals surface area contributed by atoms with Gasteiger partial charge in [0.05, 0.1) is 6.42 Å². The Morgan fingerprint density at radius 2 is 1.95 bits per heavy atom. The zero-order chi connectivity index (χ0) is 15.0. The maximum absolute atomic E-state index is 10.8. The van der Waals surface area contributed by atoms with Gasteiger partial charge in [0, 0.05) is 6.04 Å². The largest absolute Gasteiger partial charge is 0.481 e. The number of aliphatic carboxylic acids is 1. The molecule has 0 aromatic heterocycles. The van der Waals surface area contributed by atoms with Crippen molar-refractivity contribution in [3.8, 4) is 0 Å². The van der Waals surface area contributed by atoms with Crippen molar-refractivity contribution in [2.75, 3.05) is 0 Å². The molecule has 0 aliphatic heterocycles. The van der Waals surface area contributed by atoms with Gasteiger partial charge in [-0.2, -0.15) is 0 Å². The second kappa shape index (κ2) is 9.38. The second-order valence-electron chi connectivity index (χ2n) is 6.85. The summed E-state index contributed by atoms with van der Waals surface area (Å²) < 4.78 is 0. The molecule has 1 rings (SSSR count). The van der Waals surface area contributed by atoms with Crippen LogP contribution in [0, 0.1) is 17.8 Å². The Kier molecular flexibility index (Phi) is 8.20. The van der Waals surface area contributed by atoms with Crippen LogP contribution in [-0.2, 0) is 4.79 Å². The maximum Gasteiger partial charge on any atom is 0.304 e. The lowest BCUT2D eigenvalue weighted by Gasteiger charge is -2.27. The Hall–Kier alpha value is -0.570. The SMILES string of the molecule is CCC(CC(C)CCC1CCCCC1)C(N)CC(=O)O. The number of rotatable bonds is 9. The van der Waals surface area contributed by atoms with Gasteiger partial charge in [0.15, 0.2) is 0 Å². The number of carboxylic acids is 1. The molecular formula is C17H33NO2. The van der Waals surface area contributed by atoms with Gasteiger partial charge in [0.25, 0.3) is 0 Å². The normalized spacial score (nSPS) is 21.4. The molecule has 3 atom stereocenters. The average Bonchev–Trinajstić information content (AvgIpc) is 2.42. The van der Waals surface area contributed by atoms with Crippen molar-refractivity contribution >= 4 is 5.97 Å². The van der Waals surface area contributed by atoms with E-state index in [1.54, 1.807) is 0 Å². The fraction of sp³-hybridized carbons (Fsp3) is 0.941. The topological polar surface area (TPSA) is 63.3 Å². The van der Waals surface area contributed by atoms with E-state index < -0.39 is 5.97 Å². The molecule has 3 unspecified atom stereocenters. The van der Waals surface area contributed by atoms with E-state index >= 15 is 0 Å². The zero-order valence-electron chi connectivity index (χ0n) is 13.3. The molecule has 3 heteroatoms. The van der Waals surface area contributed by atoms with Gasteiger partial charge < -0.3 is 10.8 Å². The Balaban J connectivity index is 2.27. The predicted molar refractivity (Wildman–Crippen MR) is 83.6 cm³/mol. The van der Waals surface area contributed by atoms with Gasteiger partial charge in [-0.1, -0.05) is 65.2 Å². The Morgan fingerprint density at radius 1 is 1.30 bits per heavy atom. The van der Waals surface area contributed by atoms with E-state index in [1.165, 1.54) is 44.9 Å². The molecule has 0 aromatic rings. The van der Waals surface area contributed by atoms with Crippen LogP contribution >= 0.6 is 0 Å². The molecule has 0 aromatic carbocycles. The van der Waals surface area contributed by atoms with E-state index in [4.69, 9.17) is 10.8 Å². The van der Waals surface area contributed by atoms with E-state index in [0.717, 1.165) is 18.8 Å². The van der Waals surface area contributed by atoms with Crippen molar-refractivity contribution in [2.24, 2.45) is 23.5 Å². The van der Waals surface area contributed by atoms with Crippen LogP contribution < -0.4 is 5.73 Å². The molecule has 1 fully saturated rings. The molecule has 1 aliphatic carbocycles.